The zero-order valence-corrected chi connectivity index (χ0v) is 14.4. The summed E-state index contributed by atoms with van der Waals surface area (Å²) in [4.78, 5) is 29.0. The molecular weight excluding hydrogens is 320 g/mol. The van der Waals surface area contributed by atoms with Crippen LogP contribution in [0.2, 0.25) is 0 Å². The Labute approximate surface area is 146 Å². The smallest absolute Gasteiger partial charge is 0.345 e. The second kappa shape index (κ2) is 7.19. The molecule has 1 N–H and O–H groups in total. The van der Waals surface area contributed by atoms with E-state index in [9.17, 15) is 14.7 Å². The number of rotatable bonds is 4. The molecule has 0 amide bonds. The summed E-state index contributed by atoms with van der Waals surface area (Å²) in [5.74, 6) is -0.280. The van der Waals surface area contributed by atoms with Crippen LogP contribution in [0, 0.1) is 5.92 Å². The van der Waals surface area contributed by atoms with Gasteiger partial charge >= 0.3 is 5.97 Å². The lowest BCUT2D eigenvalue weighted by Crippen LogP contribution is -2.38. The highest BCUT2D eigenvalue weighted by Crippen LogP contribution is 2.39. The molecule has 0 bridgehead atoms. The number of carbonyl (C=O) groups is 1. The summed E-state index contributed by atoms with van der Waals surface area (Å²) in [7, 11) is 0. The lowest BCUT2D eigenvalue weighted by atomic mass is 9.80. The molecule has 0 spiro atoms. The summed E-state index contributed by atoms with van der Waals surface area (Å²) in [5, 5.41) is 10.9. The third kappa shape index (κ3) is 3.22. The van der Waals surface area contributed by atoms with Gasteiger partial charge in [0.2, 0.25) is 0 Å². The summed E-state index contributed by atoms with van der Waals surface area (Å²) in [5.41, 5.74) is 0.324. The highest BCUT2D eigenvalue weighted by molar-refractivity contribution is 5.88. The molecule has 1 aliphatic heterocycles. The highest BCUT2D eigenvalue weighted by Gasteiger charge is 2.35. The summed E-state index contributed by atoms with van der Waals surface area (Å²) in [6.45, 7) is 4.42. The summed E-state index contributed by atoms with van der Waals surface area (Å²) in [6.07, 6.45) is 1.24. The fourth-order valence-electron chi connectivity index (χ4n) is 3.41. The van der Waals surface area contributed by atoms with Crippen molar-refractivity contribution in [2.24, 2.45) is 5.92 Å². The zero-order valence-electron chi connectivity index (χ0n) is 14.4. The van der Waals surface area contributed by atoms with Gasteiger partial charge in [0.05, 0.1) is 18.6 Å². The van der Waals surface area contributed by atoms with Crippen LogP contribution in [0.3, 0.4) is 0 Å². The van der Waals surface area contributed by atoms with Crippen molar-refractivity contribution in [3.05, 3.63) is 63.8 Å². The van der Waals surface area contributed by atoms with Crippen molar-refractivity contribution in [1.29, 1.82) is 0 Å². The van der Waals surface area contributed by atoms with Crippen LogP contribution >= 0.6 is 0 Å². The number of aliphatic hydroxyl groups is 1. The van der Waals surface area contributed by atoms with E-state index < -0.39 is 17.6 Å². The van der Waals surface area contributed by atoms with Crippen LogP contribution in [0.1, 0.15) is 54.0 Å². The minimum absolute atomic E-state index is 0.0619. The molecule has 25 heavy (non-hydrogen) atoms. The van der Waals surface area contributed by atoms with Gasteiger partial charge in [0.25, 0.3) is 5.56 Å². The molecule has 6 nitrogen and oxygen atoms in total. The van der Waals surface area contributed by atoms with Gasteiger partial charge in [-0.3, -0.25) is 9.36 Å². The van der Waals surface area contributed by atoms with Crippen LogP contribution in [0.25, 0.3) is 0 Å². The van der Waals surface area contributed by atoms with Gasteiger partial charge in [0, 0.05) is 12.7 Å². The van der Waals surface area contributed by atoms with E-state index in [4.69, 9.17) is 4.74 Å². The molecule has 1 aliphatic rings. The minimum Gasteiger partial charge on any atom is -0.462 e. The number of fused-ring (bicyclic) bond motifs is 1. The lowest BCUT2D eigenvalue weighted by molar-refractivity contribution is 0.0521. The maximum Gasteiger partial charge on any atom is 0.345 e. The predicted molar refractivity (Wildman–Crippen MR) is 92.4 cm³/mol. The Hall–Kier alpha value is -2.47. The average Bonchev–Trinajstić information content (AvgIpc) is 2.62. The number of ether oxygens (including phenoxy) is 1. The van der Waals surface area contributed by atoms with Crippen molar-refractivity contribution >= 4 is 5.97 Å². The van der Waals surface area contributed by atoms with Crippen molar-refractivity contribution in [2.75, 3.05) is 6.61 Å². The number of esters is 1. The molecule has 3 rings (SSSR count). The number of benzene rings is 1. The quantitative estimate of drug-likeness (QED) is 0.862. The Morgan fingerprint density at radius 3 is 2.80 bits per heavy atom. The number of hydrogen-bond donors (Lipinski definition) is 1. The summed E-state index contributed by atoms with van der Waals surface area (Å²) in [6, 6.07) is 9.36. The standard InChI is InChI=1S/C19H22N2O4/c1-3-25-19(24)14-11-20-17-15(12(2)9-10-21(17)18(14)23)16(22)13-7-5-4-6-8-13/h4-8,11-12,15-16,22H,3,9-10H2,1-2H3/t12-,15+,16-/m1/s1. The third-order valence-corrected chi connectivity index (χ3v) is 4.77. The topological polar surface area (TPSA) is 81.4 Å². The monoisotopic (exact) mass is 342 g/mol. The molecule has 1 aromatic heterocycles. The first-order valence-corrected chi connectivity index (χ1v) is 8.54. The highest BCUT2D eigenvalue weighted by atomic mass is 16.5. The van der Waals surface area contributed by atoms with E-state index >= 15 is 0 Å². The largest absolute Gasteiger partial charge is 0.462 e. The Balaban J connectivity index is 2.03. The predicted octanol–water partition coefficient (Wildman–Crippen LogP) is 2.28. The van der Waals surface area contributed by atoms with Gasteiger partial charge in [-0.25, -0.2) is 9.78 Å². The van der Waals surface area contributed by atoms with Crippen molar-refractivity contribution in [3.63, 3.8) is 0 Å². The maximum atomic E-state index is 12.7. The average molecular weight is 342 g/mol. The first kappa shape index (κ1) is 17.4. The SMILES string of the molecule is CCOC(=O)c1cnc2n(c1=O)CC[C@@H](C)[C@H]2[C@H](O)c1ccccc1. The fourth-order valence-corrected chi connectivity index (χ4v) is 3.41. The second-order valence-corrected chi connectivity index (χ2v) is 6.35. The van der Waals surface area contributed by atoms with Crippen LogP contribution in [-0.2, 0) is 11.3 Å². The molecule has 1 aromatic carbocycles. The molecule has 2 aromatic rings. The maximum absolute atomic E-state index is 12.7. The fraction of sp³-hybridized carbons (Fsp3) is 0.421. The number of aliphatic hydroxyl groups excluding tert-OH is 1. The normalized spacial score (nSPS) is 20.6. The molecule has 0 unspecified atom stereocenters. The number of aromatic nitrogens is 2. The van der Waals surface area contributed by atoms with E-state index in [0.29, 0.717) is 12.4 Å². The molecule has 2 heterocycles. The van der Waals surface area contributed by atoms with Gasteiger partial charge in [-0.15, -0.1) is 0 Å². The van der Waals surface area contributed by atoms with Crippen molar-refractivity contribution < 1.29 is 14.6 Å². The van der Waals surface area contributed by atoms with Crippen LogP contribution in [0.15, 0.2) is 41.3 Å². The molecule has 0 saturated heterocycles. The molecule has 0 radical (unpaired) electrons. The molecule has 6 heteroatoms. The second-order valence-electron chi connectivity index (χ2n) is 6.35. The number of hydrogen-bond acceptors (Lipinski definition) is 5. The van der Waals surface area contributed by atoms with E-state index in [1.165, 1.54) is 10.8 Å². The molecule has 3 atom stereocenters. The van der Waals surface area contributed by atoms with Crippen molar-refractivity contribution in [2.45, 2.75) is 38.8 Å². The van der Waals surface area contributed by atoms with Gasteiger partial charge in [0.15, 0.2) is 0 Å². The first-order valence-electron chi connectivity index (χ1n) is 8.54. The molecular formula is C19H22N2O4. The van der Waals surface area contributed by atoms with Crippen LogP contribution < -0.4 is 5.56 Å². The van der Waals surface area contributed by atoms with Crippen LogP contribution in [0.4, 0.5) is 0 Å². The molecule has 0 aliphatic carbocycles. The van der Waals surface area contributed by atoms with Crippen molar-refractivity contribution in [3.8, 4) is 0 Å². The molecule has 0 saturated carbocycles. The van der Waals surface area contributed by atoms with E-state index in [1.807, 2.05) is 37.3 Å². The lowest BCUT2D eigenvalue weighted by Gasteiger charge is -2.34. The van der Waals surface area contributed by atoms with Gasteiger partial charge < -0.3 is 9.84 Å². The van der Waals surface area contributed by atoms with E-state index in [0.717, 1.165) is 12.0 Å². The number of nitrogens with zero attached hydrogens (tertiary/aromatic N) is 2. The molecule has 0 fully saturated rings. The Morgan fingerprint density at radius 2 is 2.12 bits per heavy atom. The zero-order chi connectivity index (χ0) is 18.0. The van der Waals surface area contributed by atoms with Crippen LogP contribution in [-0.4, -0.2) is 27.2 Å². The third-order valence-electron chi connectivity index (χ3n) is 4.77. The molecule has 132 valence electrons. The van der Waals surface area contributed by atoms with Gasteiger partial charge in [-0.1, -0.05) is 37.3 Å². The van der Waals surface area contributed by atoms with Gasteiger partial charge in [-0.2, -0.15) is 0 Å². The first-order chi connectivity index (χ1) is 12.0. The van der Waals surface area contributed by atoms with Crippen LogP contribution in [0.5, 0.6) is 0 Å². The van der Waals surface area contributed by atoms with Gasteiger partial charge in [-0.05, 0) is 24.8 Å². The van der Waals surface area contributed by atoms with E-state index in [-0.39, 0.29) is 24.0 Å². The summed E-state index contributed by atoms with van der Waals surface area (Å²) < 4.78 is 6.43. The Bertz CT molecular complexity index is 816. The van der Waals surface area contributed by atoms with E-state index in [2.05, 4.69) is 4.98 Å². The Kier molecular flexibility index (Phi) is 4.99. The number of carbonyl (C=O) groups excluding carboxylic acids is 1. The summed E-state index contributed by atoms with van der Waals surface area (Å²) >= 11 is 0. The Morgan fingerprint density at radius 1 is 1.40 bits per heavy atom. The minimum atomic E-state index is -0.761. The van der Waals surface area contributed by atoms with Gasteiger partial charge in [0.1, 0.15) is 11.4 Å². The van der Waals surface area contributed by atoms with Crippen molar-refractivity contribution in [1.82, 2.24) is 9.55 Å². The van der Waals surface area contributed by atoms with E-state index in [1.54, 1.807) is 6.92 Å².